The molecule has 3 aromatic carbocycles. The Bertz CT molecular complexity index is 1590. The Balaban J connectivity index is 1.01. The maximum atomic E-state index is 12.9. The molecule has 0 saturated carbocycles. The van der Waals surface area contributed by atoms with E-state index < -0.39 is 11.8 Å². The number of aryl methyl sites for hydroxylation is 2. The van der Waals surface area contributed by atoms with E-state index in [-0.39, 0.29) is 24.8 Å². The minimum atomic E-state index is -0.595. The molecule has 10 nitrogen and oxygen atoms in total. The molecule has 3 amide bonds. The summed E-state index contributed by atoms with van der Waals surface area (Å²) in [5, 5.41) is 23.1. The molecule has 1 atom stereocenters. The number of hydrogen-bond donors (Lipinski definition) is 4. The van der Waals surface area contributed by atoms with Crippen LogP contribution in [0.25, 0.3) is 11.1 Å². The maximum Gasteiger partial charge on any atom is 0.244 e. The molecule has 1 aliphatic carbocycles. The number of carbonyl (C=O) groups is 3. The van der Waals surface area contributed by atoms with Crippen molar-refractivity contribution in [3.05, 3.63) is 101 Å². The van der Waals surface area contributed by atoms with Gasteiger partial charge in [0.1, 0.15) is 5.69 Å². The topological polar surface area (TPSA) is 138 Å². The van der Waals surface area contributed by atoms with Crippen molar-refractivity contribution in [2.75, 3.05) is 5.32 Å². The van der Waals surface area contributed by atoms with Crippen molar-refractivity contribution in [3.8, 4) is 11.1 Å². The molecule has 1 heterocycles. The minimum Gasteiger partial charge on any atom is -0.350 e. The number of hydroxylamine groups is 1. The first-order valence-electron chi connectivity index (χ1n) is 15.1. The fourth-order valence-corrected chi connectivity index (χ4v) is 5.65. The first kappa shape index (κ1) is 30.6. The van der Waals surface area contributed by atoms with Crippen molar-refractivity contribution >= 4 is 23.4 Å². The van der Waals surface area contributed by atoms with E-state index in [1.807, 2.05) is 36.4 Å². The highest BCUT2D eigenvalue weighted by Crippen LogP contribution is 2.37. The lowest BCUT2D eigenvalue weighted by Crippen LogP contribution is -2.34. The summed E-state index contributed by atoms with van der Waals surface area (Å²) in [4.78, 5) is 37.2. The Kier molecular flexibility index (Phi) is 10.5. The Morgan fingerprint density at radius 2 is 1.68 bits per heavy atom. The fourth-order valence-electron chi connectivity index (χ4n) is 5.65. The molecule has 0 aliphatic heterocycles. The second-order valence-corrected chi connectivity index (χ2v) is 11.2. The number of hydrogen-bond acceptors (Lipinski definition) is 6. The largest absolute Gasteiger partial charge is 0.350 e. The van der Waals surface area contributed by atoms with Crippen molar-refractivity contribution in [1.82, 2.24) is 25.8 Å². The van der Waals surface area contributed by atoms with Crippen molar-refractivity contribution in [2.45, 2.75) is 64.5 Å². The zero-order valence-electron chi connectivity index (χ0n) is 24.7. The van der Waals surface area contributed by atoms with Crippen LogP contribution in [0.4, 0.5) is 5.69 Å². The van der Waals surface area contributed by atoms with Gasteiger partial charge in [-0.3, -0.25) is 24.3 Å². The van der Waals surface area contributed by atoms with Crippen LogP contribution in [0.1, 0.15) is 60.9 Å². The van der Waals surface area contributed by atoms with Crippen LogP contribution < -0.4 is 16.1 Å². The molecule has 4 N–H and O–H groups in total. The number of amides is 3. The molecule has 0 radical (unpaired) electrons. The van der Waals surface area contributed by atoms with E-state index in [9.17, 15) is 14.4 Å². The van der Waals surface area contributed by atoms with Crippen LogP contribution in [-0.4, -0.2) is 37.9 Å². The Morgan fingerprint density at radius 1 is 0.886 bits per heavy atom. The van der Waals surface area contributed by atoms with Gasteiger partial charge >= 0.3 is 0 Å². The summed E-state index contributed by atoms with van der Waals surface area (Å²) in [5.74, 6) is -1.45. The van der Waals surface area contributed by atoms with E-state index in [1.54, 1.807) is 16.4 Å². The van der Waals surface area contributed by atoms with Crippen molar-refractivity contribution in [3.63, 3.8) is 0 Å². The first-order chi connectivity index (χ1) is 21.5. The van der Waals surface area contributed by atoms with E-state index in [1.165, 1.54) is 27.8 Å². The Labute approximate surface area is 256 Å². The highest BCUT2D eigenvalue weighted by Gasteiger charge is 2.22. The number of nitrogens with zero attached hydrogens (tertiary/aromatic N) is 3. The van der Waals surface area contributed by atoms with Crippen LogP contribution >= 0.6 is 0 Å². The Hall–Kier alpha value is -4.83. The van der Waals surface area contributed by atoms with E-state index in [0.29, 0.717) is 31.5 Å². The number of rotatable bonds is 15. The summed E-state index contributed by atoms with van der Waals surface area (Å²) < 4.78 is 1.70. The van der Waals surface area contributed by atoms with Gasteiger partial charge in [0.15, 0.2) is 0 Å². The van der Waals surface area contributed by atoms with Crippen molar-refractivity contribution < 1.29 is 19.6 Å². The lowest BCUT2D eigenvalue weighted by Gasteiger charge is -2.15. The minimum absolute atomic E-state index is 0.0179. The number of unbranched alkanes of at least 4 members (excludes halogenated alkanes) is 1. The van der Waals surface area contributed by atoms with E-state index in [4.69, 9.17) is 5.21 Å². The average Bonchev–Trinajstić information content (AvgIpc) is 3.65. The van der Waals surface area contributed by atoms with E-state index in [2.05, 4.69) is 57.3 Å². The maximum absolute atomic E-state index is 12.9. The van der Waals surface area contributed by atoms with Crippen LogP contribution in [0, 0.1) is 5.92 Å². The molecule has 0 spiro atoms. The van der Waals surface area contributed by atoms with Crippen molar-refractivity contribution in [2.24, 2.45) is 5.92 Å². The van der Waals surface area contributed by atoms with Crippen LogP contribution in [0.5, 0.6) is 0 Å². The lowest BCUT2D eigenvalue weighted by atomic mass is 9.95. The molecule has 0 fully saturated rings. The third kappa shape index (κ3) is 8.38. The Morgan fingerprint density at radius 3 is 2.52 bits per heavy atom. The monoisotopic (exact) mass is 594 g/mol. The van der Waals surface area contributed by atoms with E-state index >= 15 is 0 Å². The molecule has 0 bridgehead atoms. The summed E-state index contributed by atoms with van der Waals surface area (Å²) in [6.45, 7) is 0.785. The SMILES string of the molecule is O=C(CC(CCCc1ccccc1)C(=O)NCc1cn(CCCCC(=O)Nc2ccc3c(c2)Cc2ccccc2-3)nn1)NO. The second-order valence-electron chi connectivity index (χ2n) is 11.2. The summed E-state index contributed by atoms with van der Waals surface area (Å²) >= 11 is 0. The number of fused-ring (bicyclic) bond motifs is 3. The predicted molar refractivity (Wildman–Crippen MR) is 166 cm³/mol. The van der Waals surface area contributed by atoms with Gasteiger partial charge in [0, 0.05) is 31.0 Å². The predicted octanol–water partition coefficient (Wildman–Crippen LogP) is 4.81. The lowest BCUT2D eigenvalue weighted by molar-refractivity contribution is -0.135. The molecule has 5 rings (SSSR count). The summed E-state index contributed by atoms with van der Waals surface area (Å²) in [6.07, 6.45) is 6.45. The third-order valence-corrected chi connectivity index (χ3v) is 7.94. The van der Waals surface area contributed by atoms with Gasteiger partial charge < -0.3 is 10.6 Å². The van der Waals surface area contributed by atoms with Crippen LogP contribution in [0.15, 0.2) is 79.0 Å². The number of nitrogens with one attached hydrogen (secondary N) is 3. The molecule has 1 aromatic heterocycles. The van der Waals surface area contributed by atoms with Gasteiger partial charge in [-0.1, -0.05) is 65.9 Å². The summed E-state index contributed by atoms with van der Waals surface area (Å²) in [5.41, 5.74) is 9.26. The molecule has 44 heavy (non-hydrogen) atoms. The molecular formula is C34H38N6O4. The molecule has 0 saturated heterocycles. The second kappa shape index (κ2) is 15.1. The van der Waals surface area contributed by atoms with Gasteiger partial charge in [0.25, 0.3) is 0 Å². The van der Waals surface area contributed by atoms with Gasteiger partial charge in [-0.05, 0) is 78.5 Å². The zero-order chi connectivity index (χ0) is 30.7. The smallest absolute Gasteiger partial charge is 0.244 e. The van der Waals surface area contributed by atoms with Gasteiger partial charge in [-0.25, -0.2) is 5.48 Å². The molecule has 228 valence electrons. The highest BCUT2D eigenvalue weighted by atomic mass is 16.5. The molecule has 1 aliphatic rings. The first-order valence-corrected chi connectivity index (χ1v) is 15.1. The average molecular weight is 595 g/mol. The normalized spacial score (nSPS) is 12.2. The van der Waals surface area contributed by atoms with E-state index in [0.717, 1.165) is 31.4 Å². The van der Waals surface area contributed by atoms with Gasteiger partial charge in [-0.2, -0.15) is 0 Å². The van der Waals surface area contributed by atoms with Crippen LogP contribution in [0.3, 0.4) is 0 Å². The van der Waals surface area contributed by atoms with Crippen LogP contribution in [-0.2, 0) is 40.3 Å². The summed E-state index contributed by atoms with van der Waals surface area (Å²) in [7, 11) is 0. The van der Waals surface area contributed by atoms with Gasteiger partial charge in [-0.15, -0.1) is 5.10 Å². The number of anilines is 1. The summed E-state index contributed by atoms with van der Waals surface area (Å²) in [6, 6.07) is 24.5. The van der Waals surface area contributed by atoms with Crippen LogP contribution in [0.2, 0.25) is 0 Å². The fraction of sp³-hybridized carbons (Fsp3) is 0.324. The molecule has 10 heteroatoms. The number of benzene rings is 3. The number of carbonyl (C=O) groups excluding carboxylic acids is 3. The quantitative estimate of drug-likeness (QED) is 0.0780. The third-order valence-electron chi connectivity index (χ3n) is 7.94. The standard InChI is InChI=1S/C34H38N6O4/c41-32(36-28-16-17-31-27(20-28)19-25-12-4-5-14-30(25)31)15-6-7-18-40-23-29(37-39-40)22-35-34(43)26(21-33(42)38-44)13-8-11-24-9-2-1-3-10-24/h1-5,9-10,12,14,16-17,20,23,26,44H,6-8,11,13,15,18-19,21-22H2,(H,35,43)(H,36,41)(H,38,42). The number of aromatic nitrogens is 3. The van der Waals surface area contributed by atoms with Gasteiger partial charge in [0.05, 0.1) is 12.7 Å². The molecular weight excluding hydrogens is 556 g/mol. The van der Waals surface area contributed by atoms with Crippen molar-refractivity contribution in [1.29, 1.82) is 0 Å². The zero-order valence-corrected chi connectivity index (χ0v) is 24.7. The molecule has 1 unspecified atom stereocenters. The molecule has 4 aromatic rings. The highest BCUT2D eigenvalue weighted by molar-refractivity contribution is 5.91. The van der Waals surface area contributed by atoms with Gasteiger partial charge in [0.2, 0.25) is 17.7 Å².